The van der Waals surface area contributed by atoms with Gasteiger partial charge in [-0.15, -0.1) is 0 Å². The van der Waals surface area contributed by atoms with E-state index in [0.717, 1.165) is 32.4 Å². The highest BCUT2D eigenvalue weighted by atomic mass is 16.5. The normalized spacial score (nSPS) is 31.7. The Morgan fingerprint density at radius 3 is 3.00 bits per heavy atom. The van der Waals surface area contributed by atoms with E-state index in [2.05, 4.69) is 5.32 Å². The summed E-state index contributed by atoms with van der Waals surface area (Å²) in [6.45, 7) is 2.55. The number of ether oxygens (including phenoxy) is 1. The summed E-state index contributed by atoms with van der Waals surface area (Å²) in [6.07, 6.45) is 2.22. The molecular formula is C10H18N2O3. The van der Waals surface area contributed by atoms with Gasteiger partial charge in [0.05, 0.1) is 18.8 Å². The van der Waals surface area contributed by atoms with Gasteiger partial charge in [-0.2, -0.15) is 0 Å². The van der Waals surface area contributed by atoms with E-state index in [-0.39, 0.29) is 18.2 Å². The Labute approximate surface area is 89.4 Å². The summed E-state index contributed by atoms with van der Waals surface area (Å²) in [5.41, 5.74) is 0. The average Bonchev–Trinajstić information content (AvgIpc) is 2.70. The molecule has 5 heteroatoms. The van der Waals surface area contributed by atoms with Crippen LogP contribution >= 0.6 is 0 Å². The second kappa shape index (κ2) is 4.81. The van der Waals surface area contributed by atoms with Gasteiger partial charge in [0, 0.05) is 19.7 Å². The molecule has 2 rings (SSSR count). The predicted molar refractivity (Wildman–Crippen MR) is 54.6 cm³/mol. The number of urea groups is 1. The van der Waals surface area contributed by atoms with Crippen LogP contribution < -0.4 is 5.32 Å². The Bertz CT molecular complexity index is 229. The molecule has 0 aromatic carbocycles. The number of hydrogen-bond acceptors (Lipinski definition) is 3. The molecule has 2 saturated heterocycles. The molecule has 0 radical (unpaired) electrons. The summed E-state index contributed by atoms with van der Waals surface area (Å²) in [5, 5.41) is 12.4. The molecule has 2 heterocycles. The quantitative estimate of drug-likeness (QED) is 0.643. The number of aliphatic hydroxyl groups excluding tert-OH is 1. The van der Waals surface area contributed by atoms with E-state index in [9.17, 15) is 9.90 Å². The number of β-amino-alcohol motifs (C(OH)–C–C–N with tert-alkyl or cyclic N) is 1. The minimum Gasteiger partial charge on any atom is -0.391 e. The minimum absolute atomic E-state index is 0.0655. The first-order valence-corrected chi connectivity index (χ1v) is 5.57. The Morgan fingerprint density at radius 1 is 1.47 bits per heavy atom. The van der Waals surface area contributed by atoms with Gasteiger partial charge in [0.15, 0.2) is 0 Å². The summed E-state index contributed by atoms with van der Waals surface area (Å²) in [4.78, 5) is 13.4. The number of amides is 2. The largest absolute Gasteiger partial charge is 0.391 e. The van der Waals surface area contributed by atoms with E-state index in [4.69, 9.17) is 4.74 Å². The first-order chi connectivity index (χ1) is 7.25. The molecule has 2 atom stereocenters. The van der Waals surface area contributed by atoms with Crippen LogP contribution in [0.15, 0.2) is 0 Å². The van der Waals surface area contributed by atoms with E-state index in [1.165, 1.54) is 0 Å². The molecule has 2 unspecified atom stereocenters. The topological polar surface area (TPSA) is 61.8 Å². The van der Waals surface area contributed by atoms with Crippen LogP contribution in [0.2, 0.25) is 0 Å². The smallest absolute Gasteiger partial charge is 0.317 e. The SMILES string of the molecule is O=C(NC1CCOC1)N1CCCC(O)C1. The molecule has 0 spiro atoms. The molecule has 86 valence electrons. The zero-order valence-corrected chi connectivity index (χ0v) is 8.82. The fourth-order valence-corrected chi connectivity index (χ4v) is 2.05. The Balaban J connectivity index is 1.78. The summed E-state index contributed by atoms with van der Waals surface area (Å²) in [7, 11) is 0. The first kappa shape index (κ1) is 10.7. The second-order valence-electron chi connectivity index (χ2n) is 4.25. The van der Waals surface area contributed by atoms with Crippen LogP contribution in [-0.4, -0.2) is 54.5 Å². The van der Waals surface area contributed by atoms with Crippen molar-refractivity contribution in [3.05, 3.63) is 0 Å². The van der Waals surface area contributed by atoms with Crippen molar-refractivity contribution >= 4 is 6.03 Å². The summed E-state index contributed by atoms with van der Waals surface area (Å²) in [6, 6.07) is 0.0841. The minimum atomic E-state index is -0.357. The monoisotopic (exact) mass is 214 g/mol. The molecular weight excluding hydrogens is 196 g/mol. The molecule has 15 heavy (non-hydrogen) atoms. The molecule has 2 aliphatic rings. The predicted octanol–water partition coefficient (Wildman–Crippen LogP) is -0.0584. The molecule has 0 bridgehead atoms. The fourth-order valence-electron chi connectivity index (χ4n) is 2.05. The number of rotatable bonds is 1. The molecule has 0 aromatic rings. The summed E-state index contributed by atoms with van der Waals surface area (Å²) >= 11 is 0. The lowest BCUT2D eigenvalue weighted by Crippen LogP contribution is -2.50. The molecule has 5 nitrogen and oxygen atoms in total. The Hall–Kier alpha value is -0.810. The van der Waals surface area contributed by atoms with Crippen LogP contribution in [0.1, 0.15) is 19.3 Å². The number of hydrogen-bond donors (Lipinski definition) is 2. The molecule has 2 fully saturated rings. The van der Waals surface area contributed by atoms with Gasteiger partial charge in [-0.25, -0.2) is 4.79 Å². The van der Waals surface area contributed by atoms with Crippen LogP contribution in [0.25, 0.3) is 0 Å². The summed E-state index contributed by atoms with van der Waals surface area (Å²) in [5.74, 6) is 0. The maximum absolute atomic E-state index is 11.7. The third-order valence-corrected chi connectivity index (χ3v) is 2.94. The van der Waals surface area contributed by atoms with Crippen LogP contribution in [0, 0.1) is 0 Å². The first-order valence-electron chi connectivity index (χ1n) is 5.57. The number of aliphatic hydroxyl groups is 1. The van der Waals surface area contributed by atoms with Gasteiger partial charge in [-0.05, 0) is 19.3 Å². The van der Waals surface area contributed by atoms with E-state index in [1.807, 2.05) is 0 Å². The van der Waals surface area contributed by atoms with E-state index >= 15 is 0 Å². The number of carbonyl (C=O) groups is 1. The molecule has 0 saturated carbocycles. The summed E-state index contributed by atoms with van der Waals surface area (Å²) < 4.78 is 5.18. The van der Waals surface area contributed by atoms with Crippen LogP contribution in [0.5, 0.6) is 0 Å². The third-order valence-electron chi connectivity index (χ3n) is 2.94. The van der Waals surface area contributed by atoms with Crippen molar-refractivity contribution in [3.8, 4) is 0 Å². The van der Waals surface area contributed by atoms with E-state index < -0.39 is 0 Å². The van der Waals surface area contributed by atoms with Crippen molar-refractivity contribution in [2.45, 2.75) is 31.4 Å². The van der Waals surface area contributed by atoms with Crippen molar-refractivity contribution < 1.29 is 14.6 Å². The van der Waals surface area contributed by atoms with Crippen molar-refractivity contribution in [3.63, 3.8) is 0 Å². The Kier molecular flexibility index (Phi) is 3.43. The van der Waals surface area contributed by atoms with Gasteiger partial charge in [-0.3, -0.25) is 0 Å². The van der Waals surface area contributed by atoms with Gasteiger partial charge in [0.2, 0.25) is 0 Å². The van der Waals surface area contributed by atoms with Crippen LogP contribution in [-0.2, 0) is 4.74 Å². The lowest BCUT2D eigenvalue weighted by molar-refractivity contribution is 0.0830. The molecule has 0 aromatic heterocycles. The molecule has 2 N–H and O–H groups in total. The average molecular weight is 214 g/mol. The van der Waals surface area contributed by atoms with Gasteiger partial charge >= 0.3 is 6.03 Å². The van der Waals surface area contributed by atoms with Crippen molar-refractivity contribution in [1.82, 2.24) is 10.2 Å². The highest BCUT2D eigenvalue weighted by molar-refractivity contribution is 5.74. The van der Waals surface area contributed by atoms with Gasteiger partial charge in [0.1, 0.15) is 0 Å². The van der Waals surface area contributed by atoms with Crippen molar-refractivity contribution in [2.75, 3.05) is 26.3 Å². The van der Waals surface area contributed by atoms with Crippen LogP contribution in [0.4, 0.5) is 4.79 Å². The zero-order valence-electron chi connectivity index (χ0n) is 8.82. The highest BCUT2D eigenvalue weighted by Crippen LogP contribution is 2.11. The number of nitrogens with one attached hydrogen (secondary N) is 1. The third kappa shape index (κ3) is 2.82. The number of likely N-dealkylation sites (tertiary alicyclic amines) is 1. The fraction of sp³-hybridized carbons (Fsp3) is 0.900. The maximum atomic E-state index is 11.7. The van der Waals surface area contributed by atoms with Gasteiger partial charge in [0.25, 0.3) is 0 Å². The van der Waals surface area contributed by atoms with Gasteiger partial charge in [-0.1, -0.05) is 0 Å². The molecule has 2 aliphatic heterocycles. The number of carbonyl (C=O) groups excluding carboxylic acids is 1. The number of nitrogens with zero attached hydrogens (tertiary/aromatic N) is 1. The number of piperidine rings is 1. The lowest BCUT2D eigenvalue weighted by Gasteiger charge is -2.31. The van der Waals surface area contributed by atoms with Crippen molar-refractivity contribution in [2.24, 2.45) is 0 Å². The standard InChI is InChI=1S/C10H18N2O3/c13-9-2-1-4-12(6-9)10(14)11-8-3-5-15-7-8/h8-9,13H,1-7H2,(H,11,14). The van der Waals surface area contributed by atoms with Crippen LogP contribution in [0.3, 0.4) is 0 Å². The maximum Gasteiger partial charge on any atom is 0.317 e. The highest BCUT2D eigenvalue weighted by Gasteiger charge is 2.25. The Morgan fingerprint density at radius 2 is 2.33 bits per heavy atom. The second-order valence-corrected chi connectivity index (χ2v) is 4.25. The molecule has 2 amide bonds. The zero-order chi connectivity index (χ0) is 10.7. The van der Waals surface area contributed by atoms with Gasteiger partial charge < -0.3 is 20.1 Å². The van der Waals surface area contributed by atoms with E-state index in [0.29, 0.717) is 13.2 Å². The lowest BCUT2D eigenvalue weighted by atomic mass is 10.1. The molecule has 0 aliphatic carbocycles. The van der Waals surface area contributed by atoms with Crippen molar-refractivity contribution in [1.29, 1.82) is 0 Å². The van der Waals surface area contributed by atoms with E-state index in [1.54, 1.807) is 4.90 Å².